The number of carbonyl (C=O) groups is 2. The van der Waals surface area contributed by atoms with Crippen LogP contribution in [0, 0.1) is 0 Å². The largest absolute Gasteiger partial charge is 0.497 e. The average molecular weight is 453 g/mol. The van der Waals surface area contributed by atoms with E-state index in [2.05, 4.69) is 12.1 Å². The summed E-state index contributed by atoms with van der Waals surface area (Å²) in [5.74, 6) is 1.29. The van der Waals surface area contributed by atoms with E-state index in [1.54, 1.807) is 25.8 Å². The minimum Gasteiger partial charge on any atom is -0.497 e. The predicted octanol–water partition coefficient (Wildman–Crippen LogP) is 6.33. The van der Waals surface area contributed by atoms with E-state index in [4.69, 9.17) is 9.47 Å². The summed E-state index contributed by atoms with van der Waals surface area (Å²) in [5, 5.41) is 0. The van der Waals surface area contributed by atoms with E-state index < -0.39 is 0 Å². The van der Waals surface area contributed by atoms with Crippen LogP contribution in [0.2, 0.25) is 0 Å². The molecule has 0 saturated heterocycles. The van der Waals surface area contributed by atoms with Gasteiger partial charge in [0, 0.05) is 23.7 Å². The molecule has 1 aromatic heterocycles. The van der Waals surface area contributed by atoms with Crippen molar-refractivity contribution in [1.82, 2.24) is 0 Å². The first-order chi connectivity index (χ1) is 15.1. The zero-order chi connectivity index (χ0) is 21.8. The Morgan fingerprint density at radius 3 is 2.55 bits per heavy atom. The van der Waals surface area contributed by atoms with Crippen molar-refractivity contribution in [3.8, 4) is 5.75 Å². The van der Waals surface area contributed by atoms with Crippen molar-refractivity contribution < 1.29 is 19.1 Å². The molecular formula is C25H24O4S2. The second-order valence-corrected chi connectivity index (χ2v) is 9.55. The van der Waals surface area contributed by atoms with Crippen LogP contribution in [0.15, 0.2) is 58.8 Å². The molecule has 1 atom stereocenters. The maximum absolute atomic E-state index is 13.0. The van der Waals surface area contributed by atoms with Crippen molar-refractivity contribution in [2.75, 3.05) is 13.7 Å². The van der Waals surface area contributed by atoms with Crippen LogP contribution < -0.4 is 4.74 Å². The molecule has 0 spiro atoms. The Kier molecular flexibility index (Phi) is 6.78. The molecule has 0 bridgehead atoms. The third-order valence-corrected chi connectivity index (χ3v) is 7.92. The van der Waals surface area contributed by atoms with Gasteiger partial charge in [0.15, 0.2) is 5.78 Å². The number of thioether (sulfide) groups is 1. The smallest absolute Gasteiger partial charge is 0.348 e. The Labute approximate surface area is 190 Å². The van der Waals surface area contributed by atoms with Gasteiger partial charge in [-0.25, -0.2) is 4.79 Å². The van der Waals surface area contributed by atoms with Crippen molar-refractivity contribution in [3.05, 3.63) is 81.7 Å². The lowest BCUT2D eigenvalue weighted by atomic mass is 9.79. The van der Waals surface area contributed by atoms with E-state index in [0.717, 1.165) is 26.8 Å². The Morgan fingerprint density at radius 1 is 1.13 bits per heavy atom. The predicted molar refractivity (Wildman–Crippen MR) is 125 cm³/mol. The van der Waals surface area contributed by atoms with Crippen LogP contribution in [0.25, 0.3) is 0 Å². The third kappa shape index (κ3) is 4.55. The zero-order valence-corrected chi connectivity index (χ0v) is 19.2. The molecule has 1 unspecified atom stereocenters. The SMILES string of the molecule is CCOC(=O)c1sc(SCc2ccccc2)c2c1C(c1ccc(OC)cc1)CCC2=O. The fourth-order valence-electron chi connectivity index (χ4n) is 3.91. The Bertz CT molecular complexity index is 1070. The fourth-order valence-corrected chi connectivity index (χ4v) is 6.43. The van der Waals surface area contributed by atoms with Crippen LogP contribution in [-0.4, -0.2) is 25.5 Å². The molecule has 0 N–H and O–H groups in total. The summed E-state index contributed by atoms with van der Waals surface area (Å²) in [6.45, 7) is 2.11. The Morgan fingerprint density at radius 2 is 1.87 bits per heavy atom. The highest BCUT2D eigenvalue weighted by Crippen LogP contribution is 2.48. The molecule has 3 aromatic rings. The van der Waals surface area contributed by atoms with Crippen molar-refractivity contribution >= 4 is 34.9 Å². The number of benzene rings is 2. The molecule has 1 aliphatic carbocycles. The molecule has 0 amide bonds. The number of ketones is 1. The lowest BCUT2D eigenvalue weighted by Crippen LogP contribution is -2.18. The van der Waals surface area contributed by atoms with Gasteiger partial charge < -0.3 is 9.47 Å². The lowest BCUT2D eigenvalue weighted by molar-refractivity contribution is 0.0530. The fraction of sp³-hybridized carbons (Fsp3) is 0.280. The van der Waals surface area contributed by atoms with Crippen LogP contribution in [-0.2, 0) is 10.5 Å². The molecule has 4 rings (SSSR count). The van der Waals surface area contributed by atoms with Crippen LogP contribution >= 0.6 is 23.1 Å². The molecule has 4 nitrogen and oxygen atoms in total. The normalized spacial score (nSPS) is 15.4. The van der Waals surface area contributed by atoms with Crippen LogP contribution in [0.3, 0.4) is 0 Å². The molecular weight excluding hydrogens is 428 g/mol. The summed E-state index contributed by atoms with van der Waals surface area (Å²) >= 11 is 3.02. The van der Waals surface area contributed by atoms with Gasteiger partial charge in [-0.3, -0.25) is 4.79 Å². The van der Waals surface area contributed by atoms with Gasteiger partial charge in [-0.1, -0.05) is 42.5 Å². The number of rotatable bonds is 7. The quantitative estimate of drug-likeness (QED) is 0.309. The number of esters is 1. The minimum atomic E-state index is -0.344. The molecule has 160 valence electrons. The van der Waals surface area contributed by atoms with Gasteiger partial charge in [0.25, 0.3) is 0 Å². The summed E-state index contributed by atoms with van der Waals surface area (Å²) in [6, 6.07) is 18.0. The monoisotopic (exact) mass is 452 g/mol. The summed E-state index contributed by atoms with van der Waals surface area (Å²) in [5.41, 5.74) is 3.81. The van der Waals surface area contributed by atoms with Gasteiger partial charge in [0.05, 0.1) is 17.9 Å². The summed E-state index contributed by atoms with van der Waals surface area (Å²) in [6.07, 6.45) is 1.16. The second kappa shape index (κ2) is 9.71. The molecule has 1 aliphatic rings. The Hall–Kier alpha value is -2.57. The molecule has 0 aliphatic heterocycles. The number of methoxy groups -OCH3 is 1. The highest BCUT2D eigenvalue weighted by atomic mass is 32.2. The lowest BCUT2D eigenvalue weighted by Gasteiger charge is -2.24. The number of thiophene rings is 1. The first-order valence-electron chi connectivity index (χ1n) is 10.3. The number of fused-ring (bicyclic) bond motifs is 1. The molecule has 0 radical (unpaired) electrons. The maximum Gasteiger partial charge on any atom is 0.348 e. The molecule has 1 heterocycles. The third-order valence-electron chi connectivity index (χ3n) is 5.39. The van der Waals surface area contributed by atoms with Gasteiger partial charge in [-0.05, 0) is 42.2 Å². The molecule has 6 heteroatoms. The van der Waals surface area contributed by atoms with E-state index >= 15 is 0 Å². The van der Waals surface area contributed by atoms with Gasteiger partial charge >= 0.3 is 5.97 Å². The van der Waals surface area contributed by atoms with E-state index in [0.29, 0.717) is 29.9 Å². The van der Waals surface area contributed by atoms with E-state index in [1.807, 2.05) is 42.5 Å². The van der Waals surface area contributed by atoms with Gasteiger partial charge in [-0.15, -0.1) is 23.1 Å². The van der Waals surface area contributed by atoms with Crippen molar-refractivity contribution in [1.29, 1.82) is 0 Å². The van der Waals surface area contributed by atoms with Crippen molar-refractivity contribution in [3.63, 3.8) is 0 Å². The Balaban J connectivity index is 1.76. The van der Waals surface area contributed by atoms with Crippen molar-refractivity contribution in [2.24, 2.45) is 0 Å². The summed E-state index contributed by atoms with van der Waals surface area (Å²) < 4.78 is 11.6. The number of carbonyl (C=O) groups excluding carboxylic acids is 2. The standard InChI is InChI=1S/C25H24O4S2/c1-3-29-24(27)23-21-19(17-9-11-18(28-2)12-10-17)13-14-20(26)22(21)25(31-23)30-15-16-7-5-4-6-8-16/h4-12,19H,3,13-15H2,1-2H3. The molecule has 31 heavy (non-hydrogen) atoms. The van der Waals surface area contributed by atoms with E-state index in [-0.39, 0.29) is 17.7 Å². The second-order valence-electron chi connectivity index (χ2n) is 7.29. The number of hydrogen-bond donors (Lipinski definition) is 0. The van der Waals surface area contributed by atoms with E-state index in [9.17, 15) is 9.59 Å². The average Bonchev–Trinajstić information content (AvgIpc) is 3.20. The van der Waals surface area contributed by atoms with Gasteiger partial charge in [-0.2, -0.15) is 0 Å². The summed E-state index contributed by atoms with van der Waals surface area (Å²) in [7, 11) is 1.64. The number of hydrogen-bond acceptors (Lipinski definition) is 6. The molecule has 2 aromatic carbocycles. The maximum atomic E-state index is 13.0. The van der Waals surface area contributed by atoms with E-state index in [1.165, 1.54) is 16.9 Å². The molecule has 0 saturated carbocycles. The van der Waals surface area contributed by atoms with Crippen LogP contribution in [0.5, 0.6) is 5.75 Å². The molecule has 0 fully saturated rings. The number of ether oxygens (including phenoxy) is 2. The topological polar surface area (TPSA) is 52.6 Å². The minimum absolute atomic E-state index is 0.0136. The number of Topliss-reactive ketones (excluding diaryl/α,β-unsaturated/α-hetero) is 1. The van der Waals surface area contributed by atoms with Crippen LogP contribution in [0.4, 0.5) is 0 Å². The zero-order valence-electron chi connectivity index (χ0n) is 17.6. The highest BCUT2D eigenvalue weighted by Gasteiger charge is 2.36. The first-order valence-corrected chi connectivity index (χ1v) is 12.1. The highest BCUT2D eigenvalue weighted by molar-refractivity contribution is 8.00. The van der Waals surface area contributed by atoms with Crippen LogP contribution in [0.1, 0.15) is 62.4 Å². The van der Waals surface area contributed by atoms with Gasteiger partial charge in [0.1, 0.15) is 10.6 Å². The van der Waals surface area contributed by atoms with Gasteiger partial charge in [0.2, 0.25) is 0 Å². The van der Waals surface area contributed by atoms with Crippen molar-refractivity contribution in [2.45, 2.75) is 35.6 Å². The summed E-state index contributed by atoms with van der Waals surface area (Å²) in [4.78, 5) is 26.4. The first kappa shape index (κ1) is 21.7.